The summed E-state index contributed by atoms with van der Waals surface area (Å²) >= 11 is 6.34. The van der Waals surface area contributed by atoms with Gasteiger partial charge in [-0.3, -0.25) is 9.59 Å². The second-order valence-electron chi connectivity index (χ2n) is 8.19. The molecule has 31 heavy (non-hydrogen) atoms. The fourth-order valence-corrected chi connectivity index (χ4v) is 3.68. The third-order valence-corrected chi connectivity index (χ3v) is 5.60. The van der Waals surface area contributed by atoms with Gasteiger partial charge in [-0.1, -0.05) is 42.8 Å². The van der Waals surface area contributed by atoms with Crippen LogP contribution in [0.2, 0.25) is 5.02 Å². The zero-order valence-electron chi connectivity index (χ0n) is 19.3. The third kappa shape index (κ3) is 6.73. The Labute approximate surface area is 190 Å². The Morgan fingerprint density at radius 1 is 1.13 bits per heavy atom. The Morgan fingerprint density at radius 3 is 2.42 bits per heavy atom. The summed E-state index contributed by atoms with van der Waals surface area (Å²) in [4.78, 5) is 27.7. The monoisotopic (exact) mass is 444 g/mol. The molecule has 6 heteroatoms. The van der Waals surface area contributed by atoms with Crippen molar-refractivity contribution in [2.45, 2.75) is 66.6 Å². The summed E-state index contributed by atoms with van der Waals surface area (Å²) < 4.78 is 5.91. The fraction of sp³-hybridized carbons (Fsp3) is 0.440. The molecule has 0 aromatic heterocycles. The van der Waals surface area contributed by atoms with Crippen LogP contribution in [0.1, 0.15) is 49.4 Å². The number of nitrogens with one attached hydrogen (secondary N) is 1. The zero-order chi connectivity index (χ0) is 23.1. The van der Waals surface area contributed by atoms with Crippen LogP contribution in [0.5, 0.6) is 5.75 Å². The predicted octanol–water partition coefficient (Wildman–Crippen LogP) is 4.98. The molecule has 2 rings (SSSR count). The van der Waals surface area contributed by atoms with E-state index in [1.165, 1.54) is 0 Å². The summed E-state index contributed by atoms with van der Waals surface area (Å²) in [5, 5.41) is 3.48. The molecule has 0 aliphatic rings. The lowest BCUT2D eigenvalue weighted by Crippen LogP contribution is -2.51. The van der Waals surface area contributed by atoms with Gasteiger partial charge in [-0.15, -0.1) is 0 Å². The Bertz CT molecular complexity index is 927. The highest BCUT2D eigenvalue weighted by Crippen LogP contribution is 2.24. The van der Waals surface area contributed by atoms with Gasteiger partial charge >= 0.3 is 0 Å². The van der Waals surface area contributed by atoms with Gasteiger partial charge in [0.25, 0.3) is 5.91 Å². The number of carbonyl (C=O) groups is 2. The lowest BCUT2D eigenvalue weighted by atomic mass is 10.1. The van der Waals surface area contributed by atoms with Crippen LogP contribution in [0.4, 0.5) is 0 Å². The fourth-order valence-electron chi connectivity index (χ4n) is 3.48. The summed E-state index contributed by atoms with van der Waals surface area (Å²) in [6.07, 6.45) is 0.483. The molecule has 0 spiro atoms. The highest BCUT2D eigenvalue weighted by molar-refractivity contribution is 6.31. The van der Waals surface area contributed by atoms with Gasteiger partial charge in [-0.25, -0.2) is 0 Å². The maximum absolute atomic E-state index is 13.3. The standard InChI is InChI=1S/C25H33ClN2O3/c1-7-22(25(30)27-16(2)3)28(14-20-10-8-9-11-21(20)26)24(29)15-31-23-13-17(4)12-18(5)19(23)6/h8-13,16,22H,7,14-15H2,1-6H3,(H,27,30)/t22-/m1/s1. The molecule has 2 aromatic carbocycles. The normalized spacial score (nSPS) is 11.9. The second-order valence-corrected chi connectivity index (χ2v) is 8.60. The summed E-state index contributed by atoms with van der Waals surface area (Å²) in [5.74, 6) is 0.243. The van der Waals surface area contributed by atoms with Crippen LogP contribution in [0, 0.1) is 20.8 Å². The van der Waals surface area contributed by atoms with E-state index in [0.29, 0.717) is 17.2 Å². The van der Waals surface area contributed by atoms with Crippen molar-refractivity contribution in [2.75, 3.05) is 6.61 Å². The number of carbonyl (C=O) groups excluding carboxylic acids is 2. The molecule has 0 saturated heterocycles. The summed E-state index contributed by atoms with van der Waals surface area (Å²) in [7, 11) is 0. The van der Waals surface area contributed by atoms with Gasteiger partial charge in [0.05, 0.1) is 0 Å². The van der Waals surface area contributed by atoms with Crippen molar-refractivity contribution in [1.29, 1.82) is 0 Å². The maximum Gasteiger partial charge on any atom is 0.261 e. The van der Waals surface area contributed by atoms with Crippen molar-refractivity contribution >= 4 is 23.4 Å². The van der Waals surface area contributed by atoms with E-state index in [1.54, 1.807) is 11.0 Å². The second kappa shape index (κ2) is 11.2. The van der Waals surface area contributed by atoms with Crippen molar-refractivity contribution in [2.24, 2.45) is 0 Å². The third-order valence-electron chi connectivity index (χ3n) is 5.23. The molecule has 1 atom stereocenters. The zero-order valence-corrected chi connectivity index (χ0v) is 20.0. The maximum atomic E-state index is 13.3. The summed E-state index contributed by atoms with van der Waals surface area (Å²) in [6, 6.07) is 10.7. The topological polar surface area (TPSA) is 58.6 Å². The summed E-state index contributed by atoms with van der Waals surface area (Å²) in [5.41, 5.74) is 3.97. The predicted molar refractivity (Wildman–Crippen MR) is 126 cm³/mol. The minimum Gasteiger partial charge on any atom is -0.483 e. The van der Waals surface area contributed by atoms with Gasteiger partial charge in [-0.2, -0.15) is 0 Å². The van der Waals surface area contributed by atoms with E-state index in [4.69, 9.17) is 16.3 Å². The lowest BCUT2D eigenvalue weighted by Gasteiger charge is -2.31. The van der Waals surface area contributed by atoms with E-state index in [2.05, 4.69) is 11.4 Å². The van der Waals surface area contributed by atoms with Crippen molar-refractivity contribution in [3.05, 3.63) is 63.7 Å². The van der Waals surface area contributed by atoms with E-state index in [9.17, 15) is 9.59 Å². The minimum atomic E-state index is -0.616. The van der Waals surface area contributed by atoms with Crippen LogP contribution >= 0.6 is 11.6 Å². The molecule has 2 amide bonds. The quantitative estimate of drug-likeness (QED) is 0.593. The van der Waals surface area contributed by atoms with Gasteiger partial charge < -0.3 is 15.0 Å². The molecular weight excluding hydrogens is 412 g/mol. The van der Waals surface area contributed by atoms with Crippen molar-refractivity contribution < 1.29 is 14.3 Å². The molecule has 0 aliphatic heterocycles. The minimum absolute atomic E-state index is 0.0204. The Hall–Kier alpha value is -2.53. The van der Waals surface area contributed by atoms with Crippen LogP contribution in [0.25, 0.3) is 0 Å². The van der Waals surface area contributed by atoms with Gasteiger partial charge in [0.15, 0.2) is 6.61 Å². The highest BCUT2D eigenvalue weighted by Gasteiger charge is 2.29. The smallest absolute Gasteiger partial charge is 0.261 e. The number of hydrogen-bond acceptors (Lipinski definition) is 3. The molecule has 0 unspecified atom stereocenters. The van der Waals surface area contributed by atoms with E-state index in [-0.39, 0.29) is 31.0 Å². The average molecular weight is 445 g/mol. The number of amides is 2. The van der Waals surface area contributed by atoms with Crippen molar-refractivity contribution in [3.63, 3.8) is 0 Å². The number of benzene rings is 2. The summed E-state index contributed by atoms with van der Waals surface area (Å²) in [6.45, 7) is 11.8. The molecule has 1 N–H and O–H groups in total. The Balaban J connectivity index is 2.29. The first-order valence-electron chi connectivity index (χ1n) is 10.7. The van der Waals surface area contributed by atoms with Crippen LogP contribution in [-0.2, 0) is 16.1 Å². The molecule has 0 heterocycles. The number of aryl methyl sites for hydroxylation is 2. The van der Waals surface area contributed by atoms with E-state index in [1.807, 2.05) is 65.8 Å². The number of halogens is 1. The number of hydrogen-bond donors (Lipinski definition) is 1. The molecule has 0 aliphatic carbocycles. The van der Waals surface area contributed by atoms with Gasteiger partial charge in [0.1, 0.15) is 11.8 Å². The van der Waals surface area contributed by atoms with E-state index >= 15 is 0 Å². The van der Waals surface area contributed by atoms with Crippen LogP contribution in [-0.4, -0.2) is 35.4 Å². The first kappa shape index (κ1) is 24.7. The van der Waals surface area contributed by atoms with Gasteiger partial charge in [0.2, 0.25) is 5.91 Å². The lowest BCUT2D eigenvalue weighted by molar-refractivity contribution is -0.143. The largest absolute Gasteiger partial charge is 0.483 e. The molecule has 5 nitrogen and oxygen atoms in total. The van der Waals surface area contributed by atoms with Crippen molar-refractivity contribution in [1.82, 2.24) is 10.2 Å². The highest BCUT2D eigenvalue weighted by atomic mass is 35.5. The number of rotatable bonds is 9. The van der Waals surface area contributed by atoms with E-state index in [0.717, 1.165) is 22.3 Å². The number of ether oxygens (including phenoxy) is 1. The van der Waals surface area contributed by atoms with Crippen LogP contribution in [0.15, 0.2) is 36.4 Å². The van der Waals surface area contributed by atoms with Gasteiger partial charge in [-0.05, 0) is 75.4 Å². The van der Waals surface area contributed by atoms with Crippen LogP contribution < -0.4 is 10.1 Å². The van der Waals surface area contributed by atoms with Gasteiger partial charge in [0, 0.05) is 17.6 Å². The molecule has 0 bridgehead atoms. The molecular formula is C25H33ClN2O3. The average Bonchev–Trinajstić information content (AvgIpc) is 2.70. The number of nitrogens with zero attached hydrogens (tertiary/aromatic N) is 1. The molecule has 0 saturated carbocycles. The molecule has 0 fully saturated rings. The molecule has 168 valence electrons. The Morgan fingerprint density at radius 2 is 1.81 bits per heavy atom. The SMILES string of the molecule is CC[C@H](C(=O)NC(C)C)N(Cc1ccccc1Cl)C(=O)COc1cc(C)cc(C)c1C. The molecule has 0 radical (unpaired) electrons. The molecule has 2 aromatic rings. The Kier molecular flexibility index (Phi) is 8.93. The first-order valence-corrected chi connectivity index (χ1v) is 11.1. The van der Waals surface area contributed by atoms with Crippen LogP contribution in [0.3, 0.4) is 0 Å². The first-order chi connectivity index (χ1) is 14.6. The van der Waals surface area contributed by atoms with E-state index < -0.39 is 6.04 Å². The van der Waals surface area contributed by atoms with Crippen molar-refractivity contribution in [3.8, 4) is 5.75 Å².